The highest BCUT2D eigenvalue weighted by atomic mass is 32.2. The summed E-state index contributed by atoms with van der Waals surface area (Å²) in [4.78, 5) is 6.47. The molecule has 0 amide bonds. The second-order valence-corrected chi connectivity index (χ2v) is 9.56. The van der Waals surface area contributed by atoms with Crippen LogP contribution >= 0.6 is 0 Å². The molecule has 6 N–H and O–H groups in total. The number of hydrogen-bond donors (Lipinski definition) is 4. The molecule has 32 heavy (non-hydrogen) atoms. The van der Waals surface area contributed by atoms with Crippen LogP contribution in [-0.2, 0) is 20.2 Å². The predicted octanol–water partition coefficient (Wildman–Crippen LogP) is 1.46. The molecule has 12 nitrogen and oxygen atoms in total. The summed E-state index contributed by atoms with van der Waals surface area (Å²) in [5.41, 5.74) is 12.1. The molecule has 3 aromatic carbocycles. The number of nitrogens with zero attached hydrogens (tertiary/aromatic N) is 2. The fourth-order valence-electron chi connectivity index (χ4n) is 3.38. The average molecular weight is 476 g/mol. The van der Waals surface area contributed by atoms with Gasteiger partial charge in [0.1, 0.15) is 22.1 Å². The van der Waals surface area contributed by atoms with E-state index in [2.05, 4.69) is 9.98 Å². The van der Waals surface area contributed by atoms with Gasteiger partial charge in [0.25, 0.3) is 0 Å². The van der Waals surface area contributed by atoms with Crippen LogP contribution in [-0.4, -0.2) is 25.9 Å². The summed E-state index contributed by atoms with van der Waals surface area (Å²) in [6, 6.07) is 8.34. The van der Waals surface area contributed by atoms with Crippen LogP contribution in [0.3, 0.4) is 0 Å². The fourth-order valence-corrected chi connectivity index (χ4v) is 4.90. The zero-order valence-electron chi connectivity index (χ0n) is 15.7. The van der Waals surface area contributed by atoms with E-state index in [1.165, 1.54) is 36.4 Å². The van der Waals surface area contributed by atoms with Crippen LogP contribution in [0.1, 0.15) is 0 Å². The number of anilines is 2. The minimum Gasteiger partial charge on any atom is -0.451 e. The van der Waals surface area contributed by atoms with E-state index in [0.29, 0.717) is 0 Å². The van der Waals surface area contributed by atoms with Gasteiger partial charge in [0.05, 0.1) is 0 Å². The van der Waals surface area contributed by atoms with Crippen molar-refractivity contribution in [1.29, 1.82) is 0 Å². The van der Waals surface area contributed by atoms with Crippen molar-refractivity contribution < 1.29 is 35.4 Å². The predicted molar refractivity (Wildman–Crippen MR) is 110 cm³/mol. The molecule has 0 radical (unpaired) electrons. The quantitative estimate of drug-likeness (QED) is 0.213. The lowest BCUT2D eigenvalue weighted by atomic mass is 10.2. The van der Waals surface area contributed by atoms with E-state index in [9.17, 15) is 25.9 Å². The minimum atomic E-state index is -5.06. The lowest BCUT2D eigenvalue weighted by Gasteiger charge is -2.22. The summed E-state index contributed by atoms with van der Waals surface area (Å²) in [5, 5.41) is -1.21. The Bertz CT molecular complexity index is 1570. The molecule has 2 aliphatic rings. The van der Waals surface area contributed by atoms with E-state index in [-0.39, 0.29) is 34.2 Å². The molecule has 0 aromatic heterocycles. The molecule has 3 aromatic rings. The Morgan fingerprint density at radius 2 is 1.06 bits per heavy atom. The van der Waals surface area contributed by atoms with Gasteiger partial charge in [0.2, 0.25) is 0 Å². The van der Waals surface area contributed by atoms with Gasteiger partial charge in [-0.3, -0.25) is 9.11 Å². The van der Waals surface area contributed by atoms with Crippen molar-refractivity contribution in [2.75, 3.05) is 11.5 Å². The topological polar surface area (TPSA) is 204 Å². The molecule has 0 spiro atoms. The number of ether oxygens (including phenoxy) is 2. The number of nitrogens with two attached hydrogens (primary N) is 2. The van der Waals surface area contributed by atoms with E-state index < -0.39 is 52.2 Å². The first-order valence-corrected chi connectivity index (χ1v) is 11.6. The van der Waals surface area contributed by atoms with E-state index in [0.717, 1.165) is 0 Å². The smallest absolute Gasteiger partial charge is 0.300 e. The number of hydrogen-bond acceptors (Lipinski definition) is 10. The summed E-state index contributed by atoms with van der Waals surface area (Å²) in [6.45, 7) is 0. The highest BCUT2D eigenvalue weighted by Crippen LogP contribution is 2.42. The second-order valence-electron chi connectivity index (χ2n) is 6.85. The summed E-state index contributed by atoms with van der Waals surface area (Å²) >= 11 is 0. The number of fused-ring (bicyclic) bond motifs is 4. The van der Waals surface area contributed by atoms with Crippen LogP contribution in [0.15, 0.2) is 56.2 Å². The Labute approximate surface area is 179 Å². The molecule has 0 aliphatic carbocycles. The standard InChI is InChI=1S/C18H12N4O8S2/c19-7-1-3-11-9(5-7)21-13-15(29-11)17(31(23,24)25)14-16(18(13)32(26,27)28)30-12-4-2-8(20)6-10(12)22-14/h1-6H,19-20H2,(H,23,24,25)(H,26,27,28). The lowest BCUT2D eigenvalue weighted by Crippen LogP contribution is -2.31. The van der Waals surface area contributed by atoms with Crippen molar-refractivity contribution in [3.05, 3.63) is 47.1 Å². The van der Waals surface area contributed by atoms with Gasteiger partial charge < -0.3 is 20.9 Å². The van der Waals surface area contributed by atoms with Gasteiger partial charge >= 0.3 is 20.2 Å². The molecule has 5 rings (SSSR count). The SMILES string of the molecule is Nc1ccc2c(c1)N=c1c(c(S(=O)(=O)O)c3c(c1S(=O)(=O)O)Oc1ccc(N)cc1N=3)O2. The lowest BCUT2D eigenvalue weighted by molar-refractivity contribution is 0.406. The van der Waals surface area contributed by atoms with Crippen molar-refractivity contribution in [1.82, 2.24) is 0 Å². The maximum absolute atomic E-state index is 12.3. The van der Waals surface area contributed by atoms with E-state index in [4.69, 9.17) is 20.9 Å². The Balaban J connectivity index is 2.04. The highest BCUT2D eigenvalue weighted by Gasteiger charge is 2.37. The maximum atomic E-state index is 12.3. The van der Waals surface area contributed by atoms with E-state index in [1.807, 2.05) is 0 Å². The maximum Gasteiger partial charge on any atom is 0.300 e. The van der Waals surface area contributed by atoms with E-state index in [1.54, 1.807) is 0 Å². The summed E-state index contributed by atoms with van der Waals surface area (Å²) in [6.07, 6.45) is 0. The van der Waals surface area contributed by atoms with E-state index >= 15 is 0 Å². The molecule has 0 unspecified atom stereocenters. The number of rotatable bonds is 2. The molecule has 2 aliphatic heterocycles. The van der Waals surface area contributed by atoms with Gasteiger partial charge in [-0.15, -0.1) is 0 Å². The van der Waals surface area contributed by atoms with Crippen molar-refractivity contribution in [3.8, 4) is 23.0 Å². The average Bonchev–Trinajstić information content (AvgIpc) is 2.67. The summed E-state index contributed by atoms with van der Waals surface area (Å²) < 4.78 is 80.5. The Morgan fingerprint density at radius 3 is 1.41 bits per heavy atom. The largest absolute Gasteiger partial charge is 0.451 e. The molecule has 164 valence electrons. The van der Waals surface area contributed by atoms with Crippen molar-refractivity contribution >= 4 is 43.0 Å². The van der Waals surface area contributed by atoms with Crippen LogP contribution in [0.25, 0.3) is 0 Å². The first-order chi connectivity index (χ1) is 14.9. The normalized spacial score (nSPS) is 13.8. The molecule has 0 saturated heterocycles. The van der Waals surface area contributed by atoms with Crippen molar-refractivity contribution in [2.45, 2.75) is 9.79 Å². The van der Waals surface area contributed by atoms with Crippen LogP contribution in [0, 0.1) is 0 Å². The Morgan fingerprint density at radius 1 is 0.688 bits per heavy atom. The highest BCUT2D eigenvalue weighted by molar-refractivity contribution is 7.86. The third-order valence-electron chi connectivity index (χ3n) is 4.64. The number of nitrogen functional groups attached to an aromatic ring is 2. The van der Waals surface area contributed by atoms with Gasteiger partial charge in [-0.25, -0.2) is 9.98 Å². The first-order valence-electron chi connectivity index (χ1n) is 8.70. The zero-order chi connectivity index (χ0) is 23.0. The molecular formula is C18H12N4O8S2. The van der Waals surface area contributed by atoms with Crippen molar-refractivity contribution in [3.63, 3.8) is 0 Å². The van der Waals surface area contributed by atoms with Gasteiger partial charge in [-0.05, 0) is 36.4 Å². The third-order valence-corrected chi connectivity index (χ3v) is 6.43. The fraction of sp³-hybridized carbons (Fsp3) is 0. The first kappa shape index (κ1) is 20.2. The van der Waals surface area contributed by atoms with Crippen LogP contribution in [0.5, 0.6) is 23.0 Å². The molecule has 0 bridgehead atoms. The zero-order valence-corrected chi connectivity index (χ0v) is 17.3. The second kappa shape index (κ2) is 6.39. The summed E-state index contributed by atoms with van der Waals surface area (Å²) in [5.74, 6) is -1.26. The van der Waals surface area contributed by atoms with Gasteiger partial charge in [0.15, 0.2) is 32.8 Å². The molecular weight excluding hydrogens is 464 g/mol. The Kier molecular flexibility index (Phi) is 4.04. The molecule has 2 heterocycles. The molecule has 0 saturated carbocycles. The van der Waals surface area contributed by atoms with Gasteiger partial charge in [0, 0.05) is 11.4 Å². The summed E-state index contributed by atoms with van der Waals surface area (Å²) in [7, 11) is -10.1. The Hall–Kier alpha value is -3.72. The molecule has 0 fully saturated rings. The third kappa shape index (κ3) is 3.04. The van der Waals surface area contributed by atoms with Crippen LogP contribution in [0.4, 0.5) is 22.7 Å². The molecule has 14 heteroatoms. The number of benzene rings is 3. The molecule has 0 atom stereocenters. The van der Waals surface area contributed by atoms with Crippen LogP contribution < -0.4 is 31.7 Å². The van der Waals surface area contributed by atoms with Gasteiger partial charge in [-0.2, -0.15) is 16.8 Å². The van der Waals surface area contributed by atoms with Crippen molar-refractivity contribution in [2.24, 2.45) is 9.98 Å². The monoisotopic (exact) mass is 476 g/mol. The van der Waals surface area contributed by atoms with Crippen LogP contribution in [0.2, 0.25) is 0 Å². The minimum absolute atomic E-state index is 0.0270. The van der Waals surface area contributed by atoms with Gasteiger partial charge in [-0.1, -0.05) is 0 Å².